The van der Waals surface area contributed by atoms with Gasteiger partial charge in [-0.05, 0) is 84.2 Å². The van der Waals surface area contributed by atoms with Gasteiger partial charge in [0.2, 0.25) is 5.91 Å². The fourth-order valence-electron chi connectivity index (χ4n) is 5.04. The Morgan fingerprint density at radius 2 is 1.83 bits per heavy atom. The fraction of sp³-hybridized carbons (Fsp3) is 0.357. The average molecular weight is 582 g/mol. The molecule has 3 aromatic rings. The molecule has 2 N–H and O–H groups in total. The number of fused-ring (bicyclic) bond motifs is 1. The number of piperidine rings is 1. The molecule has 3 heterocycles. The van der Waals surface area contributed by atoms with Crippen molar-refractivity contribution >= 4 is 40.0 Å². The van der Waals surface area contributed by atoms with E-state index in [1.165, 1.54) is 5.56 Å². The quantitative estimate of drug-likeness (QED) is 0.424. The molecule has 5 rings (SSSR count). The van der Waals surface area contributed by atoms with Crippen LogP contribution < -0.4 is 10.2 Å². The van der Waals surface area contributed by atoms with E-state index in [0.717, 1.165) is 64.2 Å². The number of pyridine rings is 1. The van der Waals surface area contributed by atoms with Crippen molar-refractivity contribution in [3.63, 3.8) is 0 Å². The number of para-hydroxylation sites is 1. The third-order valence-corrected chi connectivity index (χ3v) is 7.90. The number of hydrogen-bond acceptors (Lipinski definition) is 5. The van der Waals surface area contributed by atoms with Crippen molar-refractivity contribution in [1.82, 2.24) is 9.88 Å². The maximum atomic E-state index is 12.5. The summed E-state index contributed by atoms with van der Waals surface area (Å²) in [5.41, 5.74) is 4.34. The highest BCUT2D eigenvalue weighted by Crippen LogP contribution is 2.33. The zero-order valence-electron chi connectivity index (χ0n) is 20.2. The van der Waals surface area contributed by atoms with Crippen LogP contribution in [-0.4, -0.2) is 46.6 Å². The Balaban J connectivity index is 1.31. The standard InChI is InChI=1S/C28H31IN4O2/c1-28(2,35)21-8-5-7-19(14-21)23-15-26(30-16-24(23)29)32-12-10-22(11-13-32)33-17-20-6-3-4-9-25(20)31-27(34)18-33/h3-9,14-16,22,35H,10-13,17-18H2,1-2H3,(H,31,34). The number of anilines is 2. The molecule has 7 heteroatoms. The highest BCUT2D eigenvalue weighted by molar-refractivity contribution is 14.1. The van der Waals surface area contributed by atoms with Gasteiger partial charge in [0.15, 0.2) is 0 Å². The van der Waals surface area contributed by atoms with E-state index in [4.69, 9.17) is 4.98 Å². The maximum Gasteiger partial charge on any atom is 0.238 e. The topological polar surface area (TPSA) is 68.7 Å². The van der Waals surface area contributed by atoms with E-state index in [9.17, 15) is 9.90 Å². The third kappa shape index (κ3) is 5.37. The van der Waals surface area contributed by atoms with Gasteiger partial charge in [0.05, 0.1) is 12.1 Å². The van der Waals surface area contributed by atoms with Gasteiger partial charge in [-0.3, -0.25) is 9.69 Å². The van der Waals surface area contributed by atoms with Gasteiger partial charge < -0.3 is 15.3 Å². The van der Waals surface area contributed by atoms with Crippen LogP contribution in [0.2, 0.25) is 0 Å². The molecule has 1 aromatic heterocycles. The molecule has 1 fully saturated rings. The summed E-state index contributed by atoms with van der Waals surface area (Å²) in [6.07, 6.45) is 3.92. The van der Waals surface area contributed by atoms with Gasteiger partial charge in [0, 0.05) is 46.7 Å². The summed E-state index contributed by atoms with van der Waals surface area (Å²) in [5, 5.41) is 13.5. The predicted octanol–water partition coefficient (Wildman–Crippen LogP) is 5.00. The number of hydrogen-bond donors (Lipinski definition) is 2. The summed E-state index contributed by atoms with van der Waals surface area (Å²) >= 11 is 2.33. The molecule has 6 nitrogen and oxygen atoms in total. The van der Waals surface area contributed by atoms with Crippen molar-refractivity contribution in [2.45, 2.75) is 44.9 Å². The van der Waals surface area contributed by atoms with Gasteiger partial charge >= 0.3 is 0 Å². The minimum absolute atomic E-state index is 0.0645. The average Bonchev–Trinajstić information content (AvgIpc) is 3.02. The second-order valence-corrected chi connectivity index (χ2v) is 11.2. The molecule has 0 spiro atoms. The Morgan fingerprint density at radius 1 is 1.06 bits per heavy atom. The molecule has 2 aliphatic heterocycles. The molecular weight excluding hydrogens is 551 g/mol. The van der Waals surface area contributed by atoms with E-state index >= 15 is 0 Å². The van der Waals surface area contributed by atoms with E-state index in [2.05, 4.69) is 62.0 Å². The number of nitrogens with zero attached hydrogens (tertiary/aromatic N) is 3. The van der Waals surface area contributed by atoms with E-state index in [0.29, 0.717) is 12.6 Å². The van der Waals surface area contributed by atoms with E-state index in [1.807, 2.05) is 50.4 Å². The van der Waals surface area contributed by atoms with Crippen molar-refractivity contribution in [2.75, 3.05) is 29.9 Å². The molecule has 0 radical (unpaired) electrons. The molecule has 2 aromatic carbocycles. The van der Waals surface area contributed by atoms with E-state index < -0.39 is 5.60 Å². The summed E-state index contributed by atoms with van der Waals surface area (Å²) in [7, 11) is 0. The van der Waals surface area contributed by atoms with Crippen LogP contribution in [0.4, 0.5) is 11.5 Å². The lowest BCUT2D eigenvalue weighted by atomic mass is 9.94. The monoisotopic (exact) mass is 582 g/mol. The smallest absolute Gasteiger partial charge is 0.238 e. The Morgan fingerprint density at radius 3 is 2.60 bits per heavy atom. The summed E-state index contributed by atoms with van der Waals surface area (Å²) in [5.74, 6) is 1.04. The highest BCUT2D eigenvalue weighted by atomic mass is 127. The van der Waals surface area contributed by atoms with Crippen molar-refractivity contribution < 1.29 is 9.90 Å². The lowest BCUT2D eigenvalue weighted by Crippen LogP contribution is -2.46. The van der Waals surface area contributed by atoms with Crippen LogP contribution in [0, 0.1) is 3.57 Å². The summed E-state index contributed by atoms with van der Waals surface area (Å²) in [6.45, 7) is 6.66. The molecule has 182 valence electrons. The van der Waals surface area contributed by atoms with Gasteiger partial charge in [-0.25, -0.2) is 4.98 Å². The predicted molar refractivity (Wildman–Crippen MR) is 148 cm³/mol. The van der Waals surface area contributed by atoms with Crippen molar-refractivity contribution in [1.29, 1.82) is 0 Å². The first-order chi connectivity index (χ1) is 16.8. The largest absolute Gasteiger partial charge is 0.386 e. The number of amides is 1. The van der Waals surface area contributed by atoms with Crippen LogP contribution in [0.1, 0.15) is 37.8 Å². The Hall–Kier alpha value is -2.49. The second-order valence-electron chi connectivity index (χ2n) is 9.99. The highest BCUT2D eigenvalue weighted by Gasteiger charge is 2.29. The van der Waals surface area contributed by atoms with Crippen molar-refractivity contribution in [2.24, 2.45) is 0 Å². The van der Waals surface area contributed by atoms with Gasteiger partial charge in [-0.1, -0.05) is 36.4 Å². The molecule has 0 aliphatic carbocycles. The Labute approximate surface area is 220 Å². The fourth-order valence-corrected chi connectivity index (χ4v) is 5.64. The number of benzene rings is 2. The molecule has 1 amide bonds. The number of rotatable bonds is 4. The van der Waals surface area contributed by atoms with Crippen LogP contribution in [0.5, 0.6) is 0 Å². The van der Waals surface area contributed by atoms with E-state index in [1.54, 1.807) is 0 Å². The van der Waals surface area contributed by atoms with Crippen molar-refractivity contribution in [3.8, 4) is 11.1 Å². The number of aliphatic hydroxyl groups is 1. The first-order valence-corrected chi connectivity index (χ1v) is 13.2. The van der Waals surface area contributed by atoms with Crippen LogP contribution in [0.3, 0.4) is 0 Å². The number of carbonyl (C=O) groups excluding carboxylic acids is 1. The van der Waals surface area contributed by atoms with Gasteiger partial charge in [0.1, 0.15) is 5.82 Å². The van der Waals surface area contributed by atoms with E-state index in [-0.39, 0.29) is 5.91 Å². The second kappa shape index (κ2) is 9.87. The Bertz CT molecular complexity index is 1230. The zero-order valence-corrected chi connectivity index (χ0v) is 22.3. The van der Waals surface area contributed by atoms with Crippen molar-refractivity contribution in [3.05, 3.63) is 75.5 Å². The molecule has 35 heavy (non-hydrogen) atoms. The van der Waals surface area contributed by atoms with Crippen LogP contribution in [0.15, 0.2) is 60.8 Å². The maximum absolute atomic E-state index is 12.5. The molecule has 1 saturated heterocycles. The first kappa shape index (κ1) is 24.2. The number of nitrogens with one attached hydrogen (secondary N) is 1. The van der Waals surface area contributed by atoms with Gasteiger partial charge in [-0.15, -0.1) is 0 Å². The van der Waals surface area contributed by atoms with Crippen LogP contribution >= 0.6 is 22.6 Å². The SMILES string of the molecule is CC(C)(O)c1cccc(-c2cc(N3CCC(N4CC(=O)Nc5ccccc5C4)CC3)ncc2I)c1. The summed E-state index contributed by atoms with van der Waals surface area (Å²) in [4.78, 5) is 21.9. The number of carbonyl (C=O) groups is 1. The van der Waals surface area contributed by atoms with Crippen LogP contribution in [0.25, 0.3) is 11.1 Å². The number of aromatic nitrogens is 1. The summed E-state index contributed by atoms with van der Waals surface area (Å²) in [6, 6.07) is 18.7. The molecule has 0 bridgehead atoms. The number of halogens is 1. The van der Waals surface area contributed by atoms with Crippen LogP contribution in [-0.2, 0) is 16.9 Å². The molecular formula is C28H31IN4O2. The van der Waals surface area contributed by atoms with Gasteiger partial charge in [-0.2, -0.15) is 0 Å². The normalized spacial score (nSPS) is 17.6. The lowest BCUT2D eigenvalue weighted by molar-refractivity contribution is -0.117. The van der Waals surface area contributed by atoms with Gasteiger partial charge in [0.25, 0.3) is 0 Å². The minimum atomic E-state index is -0.885. The minimum Gasteiger partial charge on any atom is -0.386 e. The first-order valence-electron chi connectivity index (χ1n) is 12.1. The Kier molecular flexibility index (Phi) is 6.83. The molecule has 2 aliphatic rings. The molecule has 0 saturated carbocycles. The third-order valence-electron chi connectivity index (χ3n) is 7.04. The summed E-state index contributed by atoms with van der Waals surface area (Å²) < 4.78 is 1.09. The molecule has 0 unspecified atom stereocenters. The zero-order chi connectivity index (χ0) is 24.6. The lowest BCUT2D eigenvalue weighted by Gasteiger charge is -2.38. The molecule has 0 atom stereocenters.